The molecule has 8 heteroatoms. The van der Waals surface area contributed by atoms with Crippen LogP contribution >= 0.6 is 15.9 Å². The first-order valence-corrected chi connectivity index (χ1v) is 11.1. The zero-order chi connectivity index (χ0) is 21.3. The summed E-state index contributed by atoms with van der Waals surface area (Å²) < 4.78 is 0.708. The number of aliphatic hydroxyl groups is 1. The van der Waals surface area contributed by atoms with Crippen LogP contribution in [0.5, 0.6) is 0 Å². The van der Waals surface area contributed by atoms with E-state index in [9.17, 15) is 14.7 Å². The Balaban J connectivity index is 1.46. The molecule has 0 aromatic carbocycles. The molecule has 1 saturated heterocycles. The van der Waals surface area contributed by atoms with Crippen molar-refractivity contribution in [1.82, 2.24) is 20.2 Å². The van der Waals surface area contributed by atoms with Gasteiger partial charge in [0.25, 0.3) is 5.91 Å². The molecule has 0 unspecified atom stereocenters. The molecule has 2 aromatic rings. The van der Waals surface area contributed by atoms with Crippen LogP contribution in [0.15, 0.2) is 41.2 Å². The Morgan fingerprint density at radius 1 is 1.23 bits per heavy atom. The number of carbonyl (C=O) groups is 2. The molecule has 2 aromatic heterocycles. The fourth-order valence-corrected chi connectivity index (χ4v) is 4.62. The van der Waals surface area contributed by atoms with Gasteiger partial charge >= 0.3 is 0 Å². The van der Waals surface area contributed by atoms with Gasteiger partial charge < -0.3 is 15.3 Å². The fourth-order valence-electron chi connectivity index (χ4n) is 4.19. The Hall–Kier alpha value is -2.32. The van der Waals surface area contributed by atoms with E-state index in [1.807, 2.05) is 0 Å². The van der Waals surface area contributed by atoms with Gasteiger partial charge in [-0.1, -0.05) is 19.1 Å². The molecular weight excluding hydrogens is 448 g/mol. The number of rotatable bonds is 3. The molecule has 2 amide bonds. The van der Waals surface area contributed by atoms with Crippen molar-refractivity contribution >= 4 is 38.6 Å². The van der Waals surface area contributed by atoms with Crippen molar-refractivity contribution in [2.75, 3.05) is 13.1 Å². The molecule has 0 bridgehead atoms. The quantitative estimate of drug-likeness (QED) is 0.669. The highest BCUT2D eigenvalue weighted by molar-refractivity contribution is 9.10. The van der Waals surface area contributed by atoms with Gasteiger partial charge in [0.2, 0.25) is 5.91 Å². The SMILES string of the molecule is C[C@@H]1CC=CC[C@H]1C(=O)N1CC[C@@H](O)[C@H](NC(=O)c2ccc3cncc(Br)c3n2)C1. The minimum Gasteiger partial charge on any atom is -0.391 e. The van der Waals surface area contributed by atoms with E-state index in [2.05, 4.69) is 50.3 Å². The minimum atomic E-state index is -0.696. The van der Waals surface area contributed by atoms with E-state index < -0.39 is 12.1 Å². The predicted molar refractivity (Wildman–Crippen MR) is 117 cm³/mol. The number of nitrogens with zero attached hydrogens (tertiary/aromatic N) is 3. The van der Waals surface area contributed by atoms with Crippen molar-refractivity contribution in [3.05, 3.63) is 46.8 Å². The van der Waals surface area contributed by atoms with Gasteiger partial charge in [0.15, 0.2) is 0 Å². The van der Waals surface area contributed by atoms with Crippen molar-refractivity contribution in [3.8, 4) is 0 Å². The third-order valence-corrected chi connectivity index (χ3v) is 6.64. The smallest absolute Gasteiger partial charge is 0.270 e. The standard InChI is InChI=1S/C22H25BrN4O3/c1-13-4-2-3-5-15(13)22(30)27-9-8-19(28)18(12-27)26-21(29)17-7-6-14-10-24-11-16(23)20(14)25-17/h2-3,6-7,10-11,13,15,18-19,28H,4-5,8-9,12H2,1H3,(H,26,29)/t13-,15-,18-,19-/m1/s1. The molecule has 2 aliphatic rings. The first kappa shape index (κ1) is 20.9. The topological polar surface area (TPSA) is 95.4 Å². The van der Waals surface area contributed by atoms with Crippen LogP contribution < -0.4 is 5.32 Å². The number of amides is 2. The molecule has 7 nitrogen and oxygen atoms in total. The number of piperidine rings is 1. The maximum absolute atomic E-state index is 13.0. The summed E-state index contributed by atoms with van der Waals surface area (Å²) in [4.78, 5) is 36.2. The second-order valence-corrected chi connectivity index (χ2v) is 8.99. The first-order valence-electron chi connectivity index (χ1n) is 10.3. The molecule has 30 heavy (non-hydrogen) atoms. The average Bonchev–Trinajstić information content (AvgIpc) is 2.75. The summed E-state index contributed by atoms with van der Waals surface area (Å²) in [5.74, 6) is 0.0121. The largest absolute Gasteiger partial charge is 0.391 e. The number of likely N-dealkylation sites (tertiary alicyclic amines) is 1. The van der Waals surface area contributed by atoms with E-state index in [0.29, 0.717) is 35.4 Å². The van der Waals surface area contributed by atoms with E-state index in [1.165, 1.54) is 0 Å². The number of hydrogen-bond donors (Lipinski definition) is 2. The summed E-state index contributed by atoms with van der Waals surface area (Å²) in [7, 11) is 0. The summed E-state index contributed by atoms with van der Waals surface area (Å²) in [6.07, 6.45) is 8.92. The second-order valence-electron chi connectivity index (χ2n) is 8.14. The van der Waals surface area contributed by atoms with Gasteiger partial charge in [-0.3, -0.25) is 14.6 Å². The van der Waals surface area contributed by atoms with Crippen LogP contribution in [0.4, 0.5) is 0 Å². The molecule has 1 aliphatic heterocycles. The Kier molecular flexibility index (Phi) is 6.15. The normalized spacial score (nSPS) is 26.6. The van der Waals surface area contributed by atoms with Crippen LogP contribution in [0, 0.1) is 11.8 Å². The van der Waals surface area contributed by atoms with Gasteiger partial charge in [-0.15, -0.1) is 0 Å². The lowest BCUT2D eigenvalue weighted by molar-refractivity contribution is -0.140. The van der Waals surface area contributed by atoms with Crippen molar-refractivity contribution in [2.45, 2.75) is 38.3 Å². The van der Waals surface area contributed by atoms with Crippen molar-refractivity contribution < 1.29 is 14.7 Å². The van der Waals surface area contributed by atoms with E-state index in [1.54, 1.807) is 29.4 Å². The van der Waals surface area contributed by atoms with Crippen LogP contribution in [0.3, 0.4) is 0 Å². The van der Waals surface area contributed by atoms with Crippen LogP contribution in [-0.2, 0) is 4.79 Å². The van der Waals surface area contributed by atoms with Crippen LogP contribution in [0.25, 0.3) is 10.9 Å². The Labute approximate surface area is 183 Å². The van der Waals surface area contributed by atoms with Gasteiger partial charge in [0, 0.05) is 36.8 Å². The number of nitrogens with one attached hydrogen (secondary N) is 1. The monoisotopic (exact) mass is 472 g/mol. The number of halogens is 1. The highest BCUT2D eigenvalue weighted by Crippen LogP contribution is 2.28. The third-order valence-electron chi connectivity index (χ3n) is 6.06. The molecule has 158 valence electrons. The Bertz CT molecular complexity index is 996. The summed E-state index contributed by atoms with van der Waals surface area (Å²) in [6, 6.07) is 2.91. The molecule has 4 atom stereocenters. The number of allylic oxidation sites excluding steroid dienone is 2. The van der Waals surface area contributed by atoms with E-state index in [4.69, 9.17) is 0 Å². The van der Waals surface area contributed by atoms with E-state index >= 15 is 0 Å². The van der Waals surface area contributed by atoms with Crippen LogP contribution in [0.1, 0.15) is 36.7 Å². The van der Waals surface area contributed by atoms with Crippen LogP contribution in [0.2, 0.25) is 0 Å². The second kappa shape index (κ2) is 8.81. The number of aliphatic hydroxyl groups excluding tert-OH is 1. The number of hydrogen-bond acceptors (Lipinski definition) is 5. The maximum atomic E-state index is 13.0. The molecule has 1 fully saturated rings. The Morgan fingerprint density at radius 2 is 2.03 bits per heavy atom. The summed E-state index contributed by atoms with van der Waals surface area (Å²) in [6.45, 7) is 2.91. The molecule has 2 N–H and O–H groups in total. The zero-order valence-corrected chi connectivity index (χ0v) is 18.4. The zero-order valence-electron chi connectivity index (χ0n) is 16.8. The van der Waals surface area contributed by atoms with Crippen molar-refractivity contribution in [1.29, 1.82) is 0 Å². The number of pyridine rings is 2. The highest BCUT2D eigenvalue weighted by Gasteiger charge is 2.36. The van der Waals surface area contributed by atoms with Crippen molar-refractivity contribution in [3.63, 3.8) is 0 Å². The maximum Gasteiger partial charge on any atom is 0.270 e. The lowest BCUT2D eigenvalue weighted by atomic mass is 9.83. The van der Waals surface area contributed by atoms with Gasteiger partial charge in [-0.25, -0.2) is 4.98 Å². The molecule has 4 rings (SSSR count). The molecule has 3 heterocycles. The third kappa shape index (κ3) is 4.25. The van der Waals surface area contributed by atoms with E-state index in [-0.39, 0.29) is 23.4 Å². The summed E-state index contributed by atoms with van der Waals surface area (Å²) >= 11 is 3.41. The Morgan fingerprint density at radius 3 is 2.83 bits per heavy atom. The molecule has 0 saturated carbocycles. The minimum absolute atomic E-state index is 0.0327. The molecule has 1 aliphatic carbocycles. The number of aromatic nitrogens is 2. The van der Waals surface area contributed by atoms with Gasteiger partial charge in [-0.2, -0.15) is 0 Å². The average molecular weight is 473 g/mol. The van der Waals surface area contributed by atoms with Crippen molar-refractivity contribution in [2.24, 2.45) is 11.8 Å². The first-order chi connectivity index (χ1) is 14.4. The summed E-state index contributed by atoms with van der Waals surface area (Å²) in [5.41, 5.74) is 0.911. The predicted octanol–water partition coefficient (Wildman–Crippen LogP) is 2.69. The number of fused-ring (bicyclic) bond motifs is 1. The molecule has 0 radical (unpaired) electrons. The fraction of sp³-hybridized carbons (Fsp3) is 0.455. The van der Waals surface area contributed by atoms with Gasteiger partial charge in [-0.05, 0) is 53.2 Å². The molecular formula is C22H25BrN4O3. The van der Waals surface area contributed by atoms with Gasteiger partial charge in [0.1, 0.15) is 5.69 Å². The summed E-state index contributed by atoms with van der Waals surface area (Å²) in [5, 5.41) is 14.1. The lowest BCUT2D eigenvalue weighted by Gasteiger charge is -2.39. The highest BCUT2D eigenvalue weighted by atomic mass is 79.9. The molecule has 0 spiro atoms. The van der Waals surface area contributed by atoms with E-state index in [0.717, 1.165) is 18.2 Å². The lowest BCUT2D eigenvalue weighted by Crippen LogP contribution is -2.57. The number of carbonyl (C=O) groups excluding carboxylic acids is 2. The van der Waals surface area contributed by atoms with Crippen LogP contribution in [-0.4, -0.2) is 57.0 Å². The van der Waals surface area contributed by atoms with Gasteiger partial charge in [0.05, 0.1) is 22.1 Å².